The summed E-state index contributed by atoms with van der Waals surface area (Å²) in [5.74, 6) is 0. The number of aryl methyl sites for hydroxylation is 1. The fraction of sp³-hybridized carbons (Fsp3) is 0.571. The molecule has 0 heterocycles. The van der Waals surface area contributed by atoms with Crippen molar-refractivity contribution in [3.8, 4) is 0 Å². The number of hydrogen-bond donors (Lipinski definition) is 0. The molecule has 96 valence electrons. The minimum atomic E-state index is -0.0581. The Balaban J connectivity index is 2.27. The van der Waals surface area contributed by atoms with Gasteiger partial charge in [-0.1, -0.05) is 23.7 Å². The summed E-state index contributed by atoms with van der Waals surface area (Å²) in [7, 11) is 0. The first-order chi connectivity index (χ1) is 8.26. The third-order valence-electron chi connectivity index (χ3n) is 2.52. The third-order valence-corrected chi connectivity index (χ3v) is 2.78. The first-order valence-electron chi connectivity index (χ1n) is 6.24. The summed E-state index contributed by atoms with van der Waals surface area (Å²) in [5.41, 5.74) is 1.31. The van der Waals surface area contributed by atoms with Crippen molar-refractivity contribution in [2.75, 3.05) is 13.2 Å². The number of hydrogen-bond acceptors (Lipinski definition) is 2. The van der Waals surface area contributed by atoms with Crippen molar-refractivity contribution in [1.29, 1.82) is 0 Å². The van der Waals surface area contributed by atoms with E-state index in [4.69, 9.17) is 21.1 Å². The van der Waals surface area contributed by atoms with Crippen molar-refractivity contribution in [2.45, 2.75) is 39.4 Å². The van der Waals surface area contributed by atoms with Gasteiger partial charge in [0.05, 0.1) is 0 Å². The summed E-state index contributed by atoms with van der Waals surface area (Å²) in [6, 6.07) is 8.00. The highest BCUT2D eigenvalue weighted by atomic mass is 35.5. The molecule has 17 heavy (non-hydrogen) atoms. The Labute approximate surface area is 109 Å². The zero-order valence-corrected chi connectivity index (χ0v) is 11.4. The van der Waals surface area contributed by atoms with Gasteiger partial charge in [-0.05, 0) is 50.8 Å². The molecule has 0 aromatic heterocycles. The zero-order valence-electron chi connectivity index (χ0n) is 10.6. The normalized spacial score (nSPS) is 11.1. The topological polar surface area (TPSA) is 18.5 Å². The van der Waals surface area contributed by atoms with Gasteiger partial charge in [-0.2, -0.15) is 0 Å². The molecule has 2 nitrogen and oxygen atoms in total. The van der Waals surface area contributed by atoms with Crippen LogP contribution in [0.1, 0.15) is 32.3 Å². The molecule has 1 aromatic rings. The van der Waals surface area contributed by atoms with Gasteiger partial charge in [0.2, 0.25) is 0 Å². The Hall–Kier alpha value is -0.570. The SMILES string of the molecule is CCOC(CCCc1ccc(Cl)cc1)OCC. The molecular formula is C14H21ClO2. The first-order valence-corrected chi connectivity index (χ1v) is 6.61. The minimum Gasteiger partial charge on any atom is -0.353 e. The molecule has 1 aromatic carbocycles. The molecule has 1 rings (SSSR count). The summed E-state index contributed by atoms with van der Waals surface area (Å²) >= 11 is 5.84. The van der Waals surface area contributed by atoms with Gasteiger partial charge in [-0.3, -0.25) is 0 Å². The van der Waals surface area contributed by atoms with E-state index in [1.807, 2.05) is 26.0 Å². The Bertz CT molecular complexity index is 292. The van der Waals surface area contributed by atoms with E-state index < -0.39 is 0 Å². The molecule has 0 bridgehead atoms. The van der Waals surface area contributed by atoms with Crippen molar-refractivity contribution in [3.63, 3.8) is 0 Å². The van der Waals surface area contributed by atoms with E-state index in [1.54, 1.807) is 0 Å². The lowest BCUT2D eigenvalue weighted by Gasteiger charge is -2.16. The van der Waals surface area contributed by atoms with Crippen molar-refractivity contribution in [1.82, 2.24) is 0 Å². The molecule has 0 aliphatic carbocycles. The van der Waals surface area contributed by atoms with Gasteiger partial charge in [0.1, 0.15) is 0 Å². The molecule has 0 aliphatic rings. The average Bonchev–Trinajstić information content (AvgIpc) is 2.32. The summed E-state index contributed by atoms with van der Waals surface area (Å²) in [6.07, 6.45) is 2.97. The van der Waals surface area contributed by atoms with Gasteiger partial charge >= 0.3 is 0 Å². The second kappa shape index (κ2) is 8.51. The molecule has 0 saturated heterocycles. The molecule has 0 unspecified atom stereocenters. The maximum Gasteiger partial charge on any atom is 0.157 e. The van der Waals surface area contributed by atoms with E-state index in [2.05, 4.69) is 12.1 Å². The molecule has 0 spiro atoms. The highest BCUT2D eigenvalue weighted by Crippen LogP contribution is 2.13. The Morgan fingerprint density at radius 3 is 2.18 bits per heavy atom. The smallest absolute Gasteiger partial charge is 0.157 e. The quantitative estimate of drug-likeness (QED) is 0.653. The molecule has 0 atom stereocenters. The van der Waals surface area contributed by atoms with Gasteiger partial charge in [-0.25, -0.2) is 0 Å². The van der Waals surface area contributed by atoms with Crippen LogP contribution >= 0.6 is 11.6 Å². The van der Waals surface area contributed by atoms with Crippen LogP contribution in [-0.2, 0) is 15.9 Å². The molecule has 3 heteroatoms. The van der Waals surface area contributed by atoms with E-state index in [-0.39, 0.29) is 6.29 Å². The fourth-order valence-electron chi connectivity index (χ4n) is 1.71. The predicted molar refractivity (Wildman–Crippen MR) is 71.4 cm³/mol. The van der Waals surface area contributed by atoms with Crippen LogP contribution in [-0.4, -0.2) is 19.5 Å². The summed E-state index contributed by atoms with van der Waals surface area (Å²) < 4.78 is 11.0. The van der Waals surface area contributed by atoms with Crippen LogP contribution in [0.4, 0.5) is 0 Å². The van der Waals surface area contributed by atoms with Gasteiger partial charge in [0, 0.05) is 18.2 Å². The molecule has 0 aliphatic heterocycles. The molecule has 0 fully saturated rings. The van der Waals surface area contributed by atoms with Crippen LogP contribution in [0.5, 0.6) is 0 Å². The minimum absolute atomic E-state index is 0.0581. The van der Waals surface area contributed by atoms with Crippen molar-refractivity contribution in [2.24, 2.45) is 0 Å². The molecule has 0 amide bonds. The average molecular weight is 257 g/mol. The van der Waals surface area contributed by atoms with Gasteiger partial charge in [-0.15, -0.1) is 0 Å². The fourth-order valence-corrected chi connectivity index (χ4v) is 1.84. The third kappa shape index (κ3) is 6.06. The summed E-state index contributed by atoms with van der Waals surface area (Å²) in [6.45, 7) is 5.38. The maximum absolute atomic E-state index is 5.84. The Kier molecular flexibility index (Phi) is 7.25. The van der Waals surface area contributed by atoms with Crippen LogP contribution in [0, 0.1) is 0 Å². The predicted octanol–water partition coefficient (Wildman–Crippen LogP) is 4.06. The van der Waals surface area contributed by atoms with E-state index in [1.165, 1.54) is 5.56 Å². The number of benzene rings is 1. The lowest BCUT2D eigenvalue weighted by Crippen LogP contribution is -2.17. The second-order valence-electron chi connectivity index (χ2n) is 3.86. The lowest BCUT2D eigenvalue weighted by atomic mass is 10.1. The van der Waals surface area contributed by atoms with E-state index in [9.17, 15) is 0 Å². The van der Waals surface area contributed by atoms with Crippen LogP contribution in [0.25, 0.3) is 0 Å². The number of halogens is 1. The van der Waals surface area contributed by atoms with Gasteiger partial charge < -0.3 is 9.47 Å². The summed E-state index contributed by atoms with van der Waals surface area (Å²) in [4.78, 5) is 0. The van der Waals surface area contributed by atoms with Crippen molar-refractivity contribution >= 4 is 11.6 Å². The number of ether oxygens (including phenoxy) is 2. The van der Waals surface area contributed by atoms with Crippen LogP contribution < -0.4 is 0 Å². The molecular weight excluding hydrogens is 236 g/mol. The monoisotopic (exact) mass is 256 g/mol. The highest BCUT2D eigenvalue weighted by molar-refractivity contribution is 6.30. The van der Waals surface area contributed by atoms with Crippen LogP contribution in [0.2, 0.25) is 5.02 Å². The van der Waals surface area contributed by atoms with Gasteiger partial charge in [0.15, 0.2) is 6.29 Å². The largest absolute Gasteiger partial charge is 0.353 e. The van der Waals surface area contributed by atoms with Crippen LogP contribution in [0.3, 0.4) is 0 Å². The Morgan fingerprint density at radius 1 is 1.06 bits per heavy atom. The molecule has 0 N–H and O–H groups in total. The lowest BCUT2D eigenvalue weighted by molar-refractivity contribution is -0.139. The zero-order chi connectivity index (χ0) is 12.5. The van der Waals surface area contributed by atoms with Crippen molar-refractivity contribution in [3.05, 3.63) is 34.9 Å². The van der Waals surface area contributed by atoms with E-state index >= 15 is 0 Å². The van der Waals surface area contributed by atoms with Gasteiger partial charge in [0.25, 0.3) is 0 Å². The van der Waals surface area contributed by atoms with E-state index in [0.29, 0.717) is 13.2 Å². The number of rotatable bonds is 8. The maximum atomic E-state index is 5.84. The molecule has 0 radical (unpaired) electrons. The standard InChI is InChI=1S/C14H21ClO2/c1-3-16-14(17-4-2)7-5-6-12-8-10-13(15)11-9-12/h8-11,14H,3-7H2,1-2H3. The van der Waals surface area contributed by atoms with Crippen LogP contribution in [0.15, 0.2) is 24.3 Å². The first kappa shape index (κ1) is 14.5. The highest BCUT2D eigenvalue weighted by Gasteiger charge is 2.07. The second-order valence-corrected chi connectivity index (χ2v) is 4.30. The van der Waals surface area contributed by atoms with E-state index in [0.717, 1.165) is 24.3 Å². The molecule has 0 saturated carbocycles. The Morgan fingerprint density at radius 2 is 1.65 bits per heavy atom. The van der Waals surface area contributed by atoms with Crippen molar-refractivity contribution < 1.29 is 9.47 Å². The summed E-state index contributed by atoms with van der Waals surface area (Å²) in [5, 5.41) is 0.787.